The largest absolute Gasteiger partial charge is 0.382 e. The van der Waals surface area contributed by atoms with Crippen molar-refractivity contribution in [2.24, 2.45) is 0 Å². The number of hydrogen-bond donors (Lipinski definition) is 2. The van der Waals surface area contributed by atoms with Gasteiger partial charge in [0, 0.05) is 38.9 Å². The first-order valence-corrected chi connectivity index (χ1v) is 8.86. The second-order valence-corrected chi connectivity index (χ2v) is 7.53. The van der Waals surface area contributed by atoms with Crippen molar-refractivity contribution in [2.45, 2.75) is 23.8 Å². The van der Waals surface area contributed by atoms with E-state index in [1.165, 1.54) is 0 Å². The summed E-state index contributed by atoms with van der Waals surface area (Å²) in [4.78, 5) is 12.5. The summed E-state index contributed by atoms with van der Waals surface area (Å²) in [5.41, 5.74) is 1.92. The van der Waals surface area contributed by atoms with Gasteiger partial charge in [0.1, 0.15) is 0 Å². The third-order valence-electron chi connectivity index (χ3n) is 3.37. The molecule has 0 unspecified atom stereocenters. The van der Waals surface area contributed by atoms with E-state index in [1.807, 2.05) is 12.1 Å². The number of hydrogen-bond acceptors (Lipinski definition) is 4. The molecule has 2 heterocycles. The van der Waals surface area contributed by atoms with Crippen LogP contribution in [-0.2, 0) is 15.6 Å². The number of nitrogens with one attached hydrogen (secondary N) is 2. The van der Waals surface area contributed by atoms with E-state index in [2.05, 4.69) is 16.7 Å². The summed E-state index contributed by atoms with van der Waals surface area (Å²) in [5, 5.41) is 6.37. The highest BCUT2D eigenvalue weighted by Gasteiger charge is 2.19. The highest BCUT2D eigenvalue weighted by atomic mass is 32.2. The first kappa shape index (κ1) is 13.0. The molecule has 0 aromatic heterocycles. The lowest BCUT2D eigenvalue weighted by Gasteiger charge is -2.24. The molecule has 2 aliphatic heterocycles. The Morgan fingerprint density at radius 3 is 2.89 bits per heavy atom. The van der Waals surface area contributed by atoms with Gasteiger partial charge < -0.3 is 10.6 Å². The van der Waals surface area contributed by atoms with Crippen molar-refractivity contribution in [3.8, 4) is 0 Å². The van der Waals surface area contributed by atoms with Crippen molar-refractivity contribution in [2.75, 3.05) is 27.9 Å². The highest BCUT2D eigenvalue weighted by Crippen LogP contribution is 2.33. The van der Waals surface area contributed by atoms with Gasteiger partial charge in [-0.1, -0.05) is 0 Å². The third kappa shape index (κ3) is 3.12. The van der Waals surface area contributed by atoms with Gasteiger partial charge >= 0.3 is 0 Å². The molecule has 0 spiro atoms. The second kappa shape index (κ2) is 5.54. The summed E-state index contributed by atoms with van der Waals surface area (Å²) in [7, 11) is -0.626. The number of benzene rings is 1. The number of fused-ring (bicyclic) bond motifs is 1. The van der Waals surface area contributed by atoms with E-state index >= 15 is 0 Å². The lowest BCUT2D eigenvalue weighted by Crippen LogP contribution is -2.29. The molecule has 0 saturated carbocycles. The topological polar surface area (TPSA) is 58.2 Å². The van der Waals surface area contributed by atoms with Crippen molar-refractivity contribution < 1.29 is 9.00 Å². The average molecular weight is 296 g/mol. The molecule has 1 fully saturated rings. The quantitative estimate of drug-likeness (QED) is 0.877. The summed E-state index contributed by atoms with van der Waals surface area (Å²) in [5.74, 6) is 2.13. The smallest absolute Gasteiger partial charge is 0.234 e. The number of carbonyl (C=O) groups is 1. The van der Waals surface area contributed by atoms with Gasteiger partial charge in [0.05, 0.1) is 11.4 Å². The summed E-state index contributed by atoms with van der Waals surface area (Å²) in [6, 6.07) is 6.48. The SMILES string of the molecule is O=C1CSc2ccc(NC3CCS(=O)CC3)cc2N1. The van der Waals surface area contributed by atoms with E-state index in [0.717, 1.165) is 40.6 Å². The molecular formula is C13H16N2O2S2. The van der Waals surface area contributed by atoms with Crippen LogP contribution in [-0.4, -0.2) is 33.4 Å². The predicted octanol–water partition coefficient (Wildman–Crippen LogP) is 2.05. The third-order valence-corrected chi connectivity index (χ3v) is 5.83. The first-order valence-electron chi connectivity index (χ1n) is 6.39. The maximum Gasteiger partial charge on any atom is 0.234 e. The van der Waals surface area contributed by atoms with Crippen LogP contribution in [0.5, 0.6) is 0 Å². The van der Waals surface area contributed by atoms with Gasteiger partial charge in [-0.3, -0.25) is 9.00 Å². The lowest BCUT2D eigenvalue weighted by molar-refractivity contribution is -0.113. The minimum atomic E-state index is -0.626. The fraction of sp³-hybridized carbons (Fsp3) is 0.462. The van der Waals surface area contributed by atoms with Gasteiger partial charge in [0.15, 0.2) is 0 Å². The van der Waals surface area contributed by atoms with Crippen LogP contribution in [0.3, 0.4) is 0 Å². The molecular weight excluding hydrogens is 280 g/mol. The van der Waals surface area contributed by atoms with Crippen molar-refractivity contribution >= 4 is 39.8 Å². The molecule has 6 heteroatoms. The molecule has 19 heavy (non-hydrogen) atoms. The van der Waals surface area contributed by atoms with Gasteiger partial charge in [-0.2, -0.15) is 0 Å². The minimum absolute atomic E-state index is 0.0581. The molecule has 2 N–H and O–H groups in total. The van der Waals surface area contributed by atoms with Gasteiger partial charge in [0.2, 0.25) is 5.91 Å². The standard InChI is InChI=1S/C13H16N2O2S2/c16-13-8-18-12-2-1-10(7-11(12)15-13)14-9-3-5-19(17)6-4-9/h1-2,7,9,14H,3-6,8H2,(H,15,16). The lowest BCUT2D eigenvalue weighted by atomic mass is 10.1. The molecule has 1 amide bonds. The van der Waals surface area contributed by atoms with Crippen molar-refractivity contribution in [3.63, 3.8) is 0 Å². The van der Waals surface area contributed by atoms with E-state index in [4.69, 9.17) is 0 Å². The monoisotopic (exact) mass is 296 g/mol. The molecule has 0 bridgehead atoms. The first-order chi connectivity index (χ1) is 9.20. The fourth-order valence-corrected chi connectivity index (χ4v) is 4.43. The molecule has 0 radical (unpaired) electrons. The summed E-state index contributed by atoms with van der Waals surface area (Å²) in [6.45, 7) is 0. The van der Waals surface area contributed by atoms with Crippen LogP contribution in [0, 0.1) is 0 Å². The Hall–Kier alpha value is -1.01. The molecule has 2 aliphatic rings. The minimum Gasteiger partial charge on any atom is -0.382 e. The molecule has 0 atom stereocenters. The molecule has 1 aromatic carbocycles. The molecule has 0 aliphatic carbocycles. The second-order valence-electron chi connectivity index (χ2n) is 4.81. The molecule has 1 saturated heterocycles. The van der Waals surface area contributed by atoms with Gasteiger partial charge in [-0.05, 0) is 31.0 Å². The van der Waals surface area contributed by atoms with Crippen LogP contribution in [0.4, 0.5) is 11.4 Å². The number of thioether (sulfide) groups is 1. The van der Waals surface area contributed by atoms with E-state index < -0.39 is 10.8 Å². The summed E-state index contributed by atoms with van der Waals surface area (Å²) >= 11 is 1.57. The summed E-state index contributed by atoms with van der Waals surface area (Å²) in [6.07, 6.45) is 1.90. The maximum atomic E-state index is 11.4. The molecule has 102 valence electrons. The van der Waals surface area contributed by atoms with E-state index in [9.17, 15) is 9.00 Å². The number of carbonyl (C=O) groups excluding carboxylic acids is 1. The zero-order chi connectivity index (χ0) is 13.2. The average Bonchev–Trinajstić information content (AvgIpc) is 2.41. The van der Waals surface area contributed by atoms with Crippen molar-refractivity contribution in [1.29, 1.82) is 0 Å². The number of amides is 1. The fourth-order valence-electron chi connectivity index (χ4n) is 2.35. The Labute approximate surface area is 119 Å². The predicted molar refractivity (Wildman–Crippen MR) is 80.3 cm³/mol. The summed E-state index contributed by atoms with van der Waals surface area (Å²) < 4.78 is 11.3. The maximum absolute atomic E-state index is 11.4. The van der Waals surface area contributed by atoms with Crippen LogP contribution in [0.25, 0.3) is 0 Å². The van der Waals surface area contributed by atoms with E-state index in [1.54, 1.807) is 11.8 Å². The Kier molecular flexibility index (Phi) is 3.79. The Morgan fingerprint density at radius 2 is 2.11 bits per heavy atom. The molecule has 3 rings (SSSR count). The van der Waals surface area contributed by atoms with Crippen LogP contribution in [0.15, 0.2) is 23.1 Å². The van der Waals surface area contributed by atoms with Crippen LogP contribution in [0.2, 0.25) is 0 Å². The van der Waals surface area contributed by atoms with Gasteiger partial charge in [-0.25, -0.2) is 0 Å². The van der Waals surface area contributed by atoms with Crippen molar-refractivity contribution in [3.05, 3.63) is 18.2 Å². The molecule has 1 aromatic rings. The van der Waals surface area contributed by atoms with Gasteiger partial charge in [0.25, 0.3) is 0 Å². The van der Waals surface area contributed by atoms with Crippen LogP contribution < -0.4 is 10.6 Å². The zero-order valence-electron chi connectivity index (χ0n) is 10.5. The van der Waals surface area contributed by atoms with E-state index in [0.29, 0.717) is 11.8 Å². The van der Waals surface area contributed by atoms with Crippen LogP contribution >= 0.6 is 11.8 Å². The van der Waals surface area contributed by atoms with Crippen LogP contribution in [0.1, 0.15) is 12.8 Å². The molecule has 4 nitrogen and oxygen atoms in total. The zero-order valence-corrected chi connectivity index (χ0v) is 12.1. The number of rotatable bonds is 2. The van der Waals surface area contributed by atoms with Crippen molar-refractivity contribution in [1.82, 2.24) is 0 Å². The van der Waals surface area contributed by atoms with E-state index in [-0.39, 0.29) is 5.91 Å². The number of anilines is 2. The Morgan fingerprint density at radius 1 is 1.32 bits per heavy atom. The Balaban J connectivity index is 1.70. The Bertz CT molecular complexity index is 523. The highest BCUT2D eigenvalue weighted by molar-refractivity contribution is 8.00. The van der Waals surface area contributed by atoms with Gasteiger partial charge in [-0.15, -0.1) is 11.8 Å². The normalized spacial score (nSPS) is 26.4.